The zero-order valence-electron chi connectivity index (χ0n) is 17.1. The van der Waals surface area contributed by atoms with Gasteiger partial charge in [0.2, 0.25) is 5.13 Å². The molecule has 4 rings (SSSR count). The smallest absolute Gasteiger partial charge is 0.311 e. The minimum Gasteiger partial charge on any atom is -0.466 e. The van der Waals surface area contributed by atoms with Crippen molar-refractivity contribution in [2.24, 2.45) is 5.10 Å². The number of carbonyl (C=O) groups is 1. The molecule has 0 radical (unpaired) electrons. The van der Waals surface area contributed by atoms with Crippen LogP contribution in [-0.4, -0.2) is 37.0 Å². The van der Waals surface area contributed by atoms with Crippen molar-refractivity contribution in [1.29, 1.82) is 0 Å². The zero-order chi connectivity index (χ0) is 21.5. The van der Waals surface area contributed by atoms with Crippen LogP contribution in [0.25, 0.3) is 11.1 Å². The fourth-order valence-electron chi connectivity index (χ4n) is 3.21. The second kappa shape index (κ2) is 10.3. The van der Waals surface area contributed by atoms with Gasteiger partial charge in [-0.15, -0.1) is 11.3 Å². The summed E-state index contributed by atoms with van der Waals surface area (Å²) in [4.78, 5) is 15.9. The Balaban J connectivity index is 1.38. The maximum absolute atomic E-state index is 11.5. The maximum Gasteiger partial charge on any atom is 0.311 e. The van der Waals surface area contributed by atoms with Gasteiger partial charge in [-0.2, -0.15) is 5.10 Å². The third kappa shape index (κ3) is 5.55. The van der Waals surface area contributed by atoms with Crippen molar-refractivity contribution in [2.45, 2.75) is 19.6 Å². The molecule has 0 atom stereocenters. The van der Waals surface area contributed by atoms with Gasteiger partial charge in [0.15, 0.2) is 6.29 Å². The molecular formula is C23H23N3O4S. The fourth-order valence-corrected chi connectivity index (χ4v) is 3.87. The number of esters is 1. The summed E-state index contributed by atoms with van der Waals surface area (Å²) in [7, 11) is 0. The van der Waals surface area contributed by atoms with Crippen molar-refractivity contribution in [3.8, 4) is 11.1 Å². The Kier molecular flexibility index (Phi) is 7.03. The zero-order valence-corrected chi connectivity index (χ0v) is 17.9. The van der Waals surface area contributed by atoms with Crippen molar-refractivity contribution >= 4 is 28.7 Å². The standard InChI is InChI=1S/C23H23N3O4S/c1-2-28-21(27)13-18-15-31-23(25-18)26-24-14-16-7-9-17(10-8-16)19-5-3-4-6-20(19)22-29-11-12-30-22/h3-10,14-15,22H,2,11-13H2,1H3,(H,25,26). The molecular weight excluding hydrogens is 414 g/mol. The van der Waals surface area contributed by atoms with Gasteiger partial charge in [0, 0.05) is 10.9 Å². The van der Waals surface area contributed by atoms with Crippen LogP contribution in [0.2, 0.25) is 0 Å². The number of aromatic nitrogens is 1. The van der Waals surface area contributed by atoms with Crippen LogP contribution in [0.4, 0.5) is 5.13 Å². The number of benzene rings is 2. The summed E-state index contributed by atoms with van der Waals surface area (Å²) < 4.78 is 16.3. The number of hydrazone groups is 1. The molecule has 2 aromatic carbocycles. The van der Waals surface area contributed by atoms with E-state index in [2.05, 4.69) is 33.7 Å². The minimum absolute atomic E-state index is 0.162. The monoisotopic (exact) mass is 437 g/mol. The third-order valence-electron chi connectivity index (χ3n) is 4.61. The van der Waals surface area contributed by atoms with Gasteiger partial charge in [-0.05, 0) is 23.6 Å². The Morgan fingerprint density at radius 1 is 1.23 bits per heavy atom. The molecule has 0 amide bonds. The van der Waals surface area contributed by atoms with E-state index in [1.165, 1.54) is 11.3 Å². The number of thiazole rings is 1. The van der Waals surface area contributed by atoms with Crippen molar-refractivity contribution in [1.82, 2.24) is 4.98 Å². The first-order chi connectivity index (χ1) is 15.2. The van der Waals surface area contributed by atoms with Crippen LogP contribution in [0, 0.1) is 0 Å². The number of nitrogens with zero attached hydrogens (tertiary/aromatic N) is 2. The van der Waals surface area contributed by atoms with E-state index in [9.17, 15) is 4.79 Å². The van der Waals surface area contributed by atoms with Gasteiger partial charge in [0.05, 0.1) is 38.1 Å². The summed E-state index contributed by atoms with van der Waals surface area (Å²) in [6.07, 6.45) is 1.58. The van der Waals surface area contributed by atoms with Crippen LogP contribution in [-0.2, 0) is 25.4 Å². The molecule has 2 heterocycles. The number of rotatable bonds is 8. The van der Waals surface area contributed by atoms with Crippen molar-refractivity contribution in [3.05, 3.63) is 70.7 Å². The number of hydrogen-bond acceptors (Lipinski definition) is 8. The normalized spacial score (nSPS) is 14.2. The van der Waals surface area contributed by atoms with Crippen molar-refractivity contribution in [3.63, 3.8) is 0 Å². The Bertz CT molecular complexity index is 1040. The molecule has 0 saturated carbocycles. The van der Waals surface area contributed by atoms with E-state index in [0.717, 1.165) is 22.3 Å². The lowest BCUT2D eigenvalue weighted by atomic mass is 9.98. The topological polar surface area (TPSA) is 82.0 Å². The average molecular weight is 438 g/mol. The van der Waals surface area contributed by atoms with Gasteiger partial charge in [-0.1, -0.05) is 48.5 Å². The van der Waals surface area contributed by atoms with Crippen LogP contribution in [0.5, 0.6) is 0 Å². The average Bonchev–Trinajstić information content (AvgIpc) is 3.47. The highest BCUT2D eigenvalue weighted by molar-refractivity contribution is 7.13. The highest BCUT2D eigenvalue weighted by Crippen LogP contribution is 2.32. The highest BCUT2D eigenvalue weighted by Gasteiger charge is 2.21. The molecule has 1 fully saturated rings. The first-order valence-electron chi connectivity index (χ1n) is 10.0. The fraction of sp³-hybridized carbons (Fsp3) is 0.261. The van der Waals surface area contributed by atoms with Gasteiger partial charge in [0.1, 0.15) is 0 Å². The van der Waals surface area contributed by atoms with Gasteiger partial charge >= 0.3 is 5.97 Å². The predicted molar refractivity (Wildman–Crippen MR) is 120 cm³/mol. The molecule has 0 bridgehead atoms. The largest absolute Gasteiger partial charge is 0.466 e. The number of carbonyl (C=O) groups excluding carboxylic acids is 1. The molecule has 1 aromatic heterocycles. The lowest BCUT2D eigenvalue weighted by Gasteiger charge is -2.14. The molecule has 0 spiro atoms. The van der Waals surface area contributed by atoms with Crippen molar-refractivity contribution in [2.75, 3.05) is 25.2 Å². The van der Waals surface area contributed by atoms with E-state index in [0.29, 0.717) is 30.6 Å². The summed E-state index contributed by atoms with van der Waals surface area (Å²) in [6, 6.07) is 16.2. The van der Waals surface area contributed by atoms with Crippen LogP contribution < -0.4 is 5.43 Å². The predicted octanol–water partition coefficient (Wildman–Crippen LogP) is 4.41. The van der Waals surface area contributed by atoms with E-state index in [1.54, 1.807) is 13.1 Å². The third-order valence-corrected chi connectivity index (χ3v) is 5.41. The summed E-state index contributed by atoms with van der Waals surface area (Å²) >= 11 is 1.39. The number of hydrogen-bond donors (Lipinski definition) is 1. The van der Waals surface area contributed by atoms with Crippen LogP contribution in [0.1, 0.15) is 30.0 Å². The molecule has 8 heteroatoms. The van der Waals surface area contributed by atoms with Gasteiger partial charge in [-0.25, -0.2) is 4.98 Å². The lowest BCUT2D eigenvalue weighted by Crippen LogP contribution is -2.07. The van der Waals surface area contributed by atoms with Crippen LogP contribution >= 0.6 is 11.3 Å². The summed E-state index contributed by atoms with van der Waals surface area (Å²) in [5.74, 6) is -0.282. The molecule has 0 aliphatic carbocycles. The van der Waals surface area contributed by atoms with E-state index >= 15 is 0 Å². The Morgan fingerprint density at radius 3 is 2.77 bits per heavy atom. The van der Waals surface area contributed by atoms with E-state index in [-0.39, 0.29) is 18.7 Å². The van der Waals surface area contributed by atoms with Crippen LogP contribution in [0.15, 0.2) is 59.0 Å². The van der Waals surface area contributed by atoms with Gasteiger partial charge in [-0.3, -0.25) is 10.2 Å². The number of ether oxygens (including phenoxy) is 3. The molecule has 0 unspecified atom stereocenters. The van der Waals surface area contributed by atoms with E-state index < -0.39 is 0 Å². The van der Waals surface area contributed by atoms with Gasteiger partial charge in [0.25, 0.3) is 0 Å². The second-order valence-corrected chi connectivity index (χ2v) is 7.64. The molecule has 7 nitrogen and oxygen atoms in total. The first-order valence-corrected chi connectivity index (χ1v) is 10.9. The quantitative estimate of drug-likeness (QED) is 0.319. The van der Waals surface area contributed by atoms with Gasteiger partial charge < -0.3 is 14.2 Å². The van der Waals surface area contributed by atoms with Crippen molar-refractivity contribution < 1.29 is 19.0 Å². The summed E-state index contributed by atoms with van der Waals surface area (Å²) in [6.45, 7) is 3.38. The van der Waals surface area contributed by atoms with E-state index in [1.807, 2.05) is 35.7 Å². The molecule has 1 N–H and O–H groups in total. The van der Waals surface area contributed by atoms with Crippen LogP contribution in [0.3, 0.4) is 0 Å². The lowest BCUT2D eigenvalue weighted by molar-refractivity contribution is -0.142. The molecule has 1 aliphatic heterocycles. The molecule has 31 heavy (non-hydrogen) atoms. The Labute approximate surface area is 184 Å². The second-order valence-electron chi connectivity index (χ2n) is 6.78. The first kappa shape index (κ1) is 21.2. The number of nitrogens with one attached hydrogen (secondary N) is 1. The number of anilines is 1. The molecule has 160 valence electrons. The maximum atomic E-state index is 11.5. The highest BCUT2D eigenvalue weighted by atomic mass is 32.1. The molecule has 3 aromatic rings. The van der Waals surface area contributed by atoms with E-state index in [4.69, 9.17) is 14.2 Å². The summed E-state index contributed by atoms with van der Waals surface area (Å²) in [5, 5.41) is 6.68. The molecule has 1 saturated heterocycles. The Morgan fingerprint density at radius 2 is 2.00 bits per heavy atom. The Hall–Kier alpha value is -3.07. The minimum atomic E-state index is -0.311. The molecule has 1 aliphatic rings. The SMILES string of the molecule is CCOC(=O)Cc1csc(NN=Cc2ccc(-c3ccccc3C3OCCO3)cc2)n1. The summed E-state index contributed by atoms with van der Waals surface area (Å²) in [5.41, 5.74) is 7.73.